The van der Waals surface area contributed by atoms with Crippen LogP contribution in [0.4, 0.5) is 8.78 Å². The molecule has 166 valence electrons. The molecule has 0 aromatic heterocycles. The molecule has 0 spiro atoms. The van der Waals surface area contributed by atoms with E-state index < -0.39 is 5.82 Å². The lowest BCUT2D eigenvalue weighted by Crippen LogP contribution is -2.51. The highest BCUT2D eigenvalue weighted by molar-refractivity contribution is 5.94. The number of carbonyl (C=O) groups excluding carboxylic acids is 2. The standard InChI is InChI=1S/C24H29F2N3O2/c1-18(2)23(30)28-14-11-27(12-15-28)13-16-29(17-19-3-7-21(25)8-4-19)24(31)20-5-9-22(26)10-6-20/h3-10,18H,11-17H2,1-2H3. The number of carbonyl (C=O) groups is 2. The average Bonchev–Trinajstić information content (AvgIpc) is 2.77. The van der Waals surface area contributed by atoms with Crippen LogP contribution in [0, 0.1) is 17.6 Å². The summed E-state index contributed by atoms with van der Waals surface area (Å²) in [6.45, 7) is 8.17. The summed E-state index contributed by atoms with van der Waals surface area (Å²) in [5.41, 5.74) is 1.24. The van der Waals surface area contributed by atoms with E-state index in [9.17, 15) is 18.4 Å². The van der Waals surface area contributed by atoms with Crippen molar-refractivity contribution in [1.29, 1.82) is 0 Å². The van der Waals surface area contributed by atoms with Crippen LogP contribution in [0.3, 0.4) is 0 Å². The van der Waals surface area contributed by atoms with Crippen molar-refractivity contribution in [3.63, 3.8) is 0 Å². The minimum Gasteiger partial charge on any atom is -0.340 e. The number of nitrogens with zero attached hydrogens (tertiary/aromatic N) is 3. The number of benzene rings is 2. The zero-order valence-electron chi connectivity index (χ0n) is 18.1. The minimum absolute atomic E-state index is 0.00826. The molecule has 3 rings (SSSR count). The third-order valence-corrected chi connectivity index (χ3v) is 5.53. The second-order valence-electron chi connectivity index (χ2n) is 8.18. The van der Waals surface area contributed by atoms with Crippen LogP contribution in [-0.4, -0.2) is 65.8 Å². The van der Waals surface area contributed by atoms with Crippen molar-refractivity contribution in [1.82, 2.24) is 14.7 Å². The maximum absolute atomic E-state index is 13.3. The van der Waals surface area contributed by atoms with Gasteiger partial charge in [0.05, 0.1) is 0 Å². The van der Waals surface area contributed by atoms with E-state index in [1.165, 1.54) is 36.4 Å². The first-order chi connectivity index (χ1) is 14.8. The van der Waals surface area contributed by atoms with E-state index in [1.54, 1.807) is 17.0 Å². The van der Waals surface area contributed by atoms with Gasteiger partial charge in [0.15, 0.2) is 0 Å². The predicted octanol–water partition coefficient (Wildman–Crippen LogP) is 3.41. The van der Waals surface area contributed by atoms with Crippen LogP contribution in [0.15, 0.2) is 48.5 Å². The molecule has 0 bridgehead atoms. The summed E-state index contributed by atoms with van der Waals surface area (Å²) in [5, 5.41) is 0. The van der Waals surface area contributed by atoms with Crippen LogP contribution >= 0.6 is 0 Å². The first-order valence-electron chi connectivity index (χ1n) is 10.6. The van der Waals surface area contributed by atoms with Crippen LogP contribution in [-0.2, 0) is 11.3 Å². The molecule has 0 aliphatic carbocycles. The highest BCUT2D eigenvalue weighted by atomic mass is 19.1. The highest BCUT2D eigenvalue weighted by Crippen LogP contribution is 2.13. The van der Waals surface area contributed by atoms with Crippen LogP contribution in [0.25, 0.3) is 0 Å². The van der Waals surface area contributed by atoms with Gasteiger partial charge in [-0.1, -0.05) is 26.0 Å². The topological polar surface area (TPSA) is 43.9 Å². The molecule has 1 saturated heterocycles. The van der Waals surface area contributed by atoms with Crippen molar-refractivity contribution in [2.45, 2.75) is 20.4 Å². The third-order valence-electron chi connectivity index (χ3n) is 5.53. The lowest BCUT2D eigenvalue weighted by molar-refractivity contribution is -0.136. The first kappa shape index (κ1) is 22.9. The summed E-state index contributed by atoms with van der Waals surface area (Å²) in [5.74, 6) is -0.752. The molecule has 31 heavy (non-hydrogen) atoms. The highest BCUT2D eigenvalue weighted by Gasteiger charge is 2.24. The Morgan fingerprint density at radius 1 is 0.903 bits per heavy atom. The molecule has 0 unspecified atom stereocenters. The van der Waals surface area contributed by atoms with Gasteiger partial charge in [0.1, 0.15) is 11.6 Å². The minimum atomic E-state index is -0.393. The van der Waals surface area contributed by atoms with Gasteiger partial charge in [-0.25, -0.2) is 8.78 Å². The zero-order valence-corrected chi connectivity index (χ0v) is 18.1. The molecule has 1 heterocycles. The summed E-state index contributed by atoms with van der Waals surface area (Å²) < 4.78 is 26.5. The molecule has 1 fully saturated rings. The SMILES string of the molecule is CC(C)C(=O)N1CCN(CCN(Cc2ccc(F)cc2)C(=O)c2ccc(F)cc2)CC1. The summed E-state index contributed by atoms with van der Waals surface area (Å²) in [6, 6.07) is 11.6. The Bertz CT molecular complexity index is 877. The Hall–Kier alpha value is -2.80. The fraction of sp³-hybridized carbons (Fsp3) is 0.417. The van der Waals surface area contributed by atoms with E-state index in [0.29, 0.717) is 38.3 Å². The molecule has 1 aliphatic heterocycles. The summed E-state index contributed by atoms with van der Waals surface area (Å²) in [7, 11) is 0. The number of hydrogen-bond acceptors (Lipinski definition) is 3. The average molecular weight is 430 g/mol. The first-order valence-corrected chi connectivity index (χ1v) is 10.6. The van der Waals surface area contributed by atoms with Gasteiger partial charge in [0, 0.05) is 57.3 Å². The van der Waals surface area contributed by atoms with Crippen molar-refractivity contribution < 1.29 is 18.4 Å². The quantitative estimate of drug-likeness (QED) is 0.678. The van der Waals surface area contributed by atoms with Gasteiger partial charge < -0.3 is 9.80 Å². The molecule has 2 aromatic rings. The maximum Gasteiger partial charge on any atom is 0.254 e. The summed E-state index contributed by atoms with van der Waals surface area (Å²) >= 11 is 0. The van der Waals surface area contributed by atoms with E-state index in [-0.39, 0.29) is 23.5 Å². The van der Waals surface area contributed by atoms with Crippen LogP contribution in [0.5, 0.6) is 0 Å². The molecule has 7 heteroatoms. The smallest absolute Gasteiger partial charge is 0.254 e. The van der Waals surface area contributed by atoms with Gasteiger partial charge in [0.25, 0.3) is 5.91 Å². The molecule has 1 aliphatic rings. The molecule has 0 radical (unpaired) electrons. The fourth-order valence-corrected chi connectivity index (χ4v) is 3.66. The second-order valence-corrected chi connectivity index (χ2v) is 8.18. The molecule has 5 nitrogen and oxygen atoms in total. The number of halogens is 2. The van der Waals surface area contributed by atoms with E-state index in [4.69, 9.17) is 0 Å². The van der Waals surface area contributed by atoms with Crippen molar-refractivity contribution in [2.75, 3.05) is 39.3 Å². The van der Waals surface area contributed by atoms with Crippen molar-refractivity contribution in [2.24, 2.45) is 5.92 Å². The van der Waals surface area contributed by atoms with E-state index in [0.717, 1.165) is 18.7 Å². The van der Waals surface area contributed by atoms with Crippen LogP contribution in [0.2, 0.25) is 0 Å². The Balaban J connectivity index is 1.64. The molecule has 2 aromatic carbocycles. The van der Waals surface area contributed by atoms with Gasteiger partial charge in [-0.05, 0) is 42.0 Å². The normalized spacial score (nSPS) is 14.7. The van der Waals surface area contributed by atoms with Gasteiger partial charge in [-0.3, -0.25) is 14.5 Å². The van der Waals surface area contributed by atoms with Crippen molar-refractivity contribution in [3.8, 4) is 0 Å². The van der Waals surface area contributed by atoms with Gasteiger partial charge >= 0.3 is 0 Å². The Labute approximate surface area is 182 Å². The zero-order chi connectivity index (χ0) is 22.4. The molecular weight excluding hydrogens is 400 g/mol. The van der Waals surface area contributed by atoms with Gasteiger partial charge in [0.2, 0.25) is 5.91 Å². The number of amides is 2. The number of rotatable bonds is 7. The van der Waals surface area contributed by atoms with Crippen molar-refractivity contribution >= 4 is 11.8 Å². The van der Waals surface area contributed by atoms with E-state index >= 15 is 0 Å². The predicted molar refractivity (Wildman–Crippen MR) is 115 cm³/mol. The maximum atomic E-state index is 13.3. The Morgan fingerprint density at radius 2 is 1.45 bits per heavy atom. The third kappa shape index (κ3) is 6.34. The van der Waals surface area contributed by atoms with Crippen LogP contribution < -0.4 is 0 Å². The van der Waals surface area contributed by atoms with Crippen LogP contribution in [0.1, 0.15) is 29.8 Å². The van der Waals surface area contributed by atoms with Crippen molar-refractivity contribution in [3.05, 3.63) is 71.3 Å². The fourth-order valence-electron chi connectivity index (χ4n) is 3.66. The molecule has 0 atom stereocenters. The van der Waals surface area contributed by atoms with Gasteiger partial charge in [-0.2, -0.15) is 0 Å². The summed E-state index contributed by atoms with van der Waals surface area (Å²) in [4.78, 5) is 31.1. The lowest BCUT2D eigenvalue weighted by atomic mass is 10.1. The summed E-state index contributed by atoms with van der Waals surface area (Å²) in [6.07, 6.45) is 0. The monoisotopic (exact) mass is 429 g/mol. The lowest BCUT2D eigenvalue weighted by Gasteiger charge is -2.36. The van der Waals surface area contributed by atoms with E-state index in [1.807, 2.05) is 18.7 Å². The largest absolute Gasteiger partial charge is 0.340 e. The molecule has 0 N–H and O–H groups in total. The Kier molecular flexibility index (Phi) is 7.74. The molecule has 0 saturated carbocycles. The Morgan fingerprint density at radius 3 is 2.00 bits per heavy atom. The number of piperazine rings is 1. The number of hydrogen-bond donors (Lipinski definition) is 0. The molecule has 2 amide bonds. The molecular formula is C24H29F2N3O2. The second kappa shape index (κ2) is 10.5. The van der Waals surface area contributed by atoms with E-state index in [2.05, 4.69) is 4.90 Å². The van der Waals surface area contributed by atoms with Gasteiger partial charge in [-0.15, -0.1) is 0 Å².